The Labute approximate surface area is 288 Å². The van der Waals surface area contributed by atoms with Crippen LogP contribution in [0.3, 0.4) is 0 Å². The second kappa shape index (κ2) is 8.54. The van der Waals surface area contributed by atoms with Crippen molar-refractivity contribution < 1.29 is 28.7 Å². The van der Waals surface area contributed by atoms with Gasteiger partial charge in [-0.3, -0.25) is 9.13 Å². The van der Waals surface area contributed by atoms with E-state index in [-0.39, 0.29) is 34.3 Å². The lowest BCUT2D eigenvalue weighted by Crippen LogP contribution is -2.32. The van der Waals surface area contributed by atoms with Gasteiger partial charge in [0.1, 0.15) is 0 Å². The van der Waals surface area contributed by atoms with Gasteiger partial charge in [0.15, 0.2) is 0 Å². The maximum Gasteiger partial charge on any atom is 0.356 e. The van der Waals surface area contributed by atoms with E-state index in [9.17, 15) is 28.7 Å². The molecule has 0 spiro atoms. The van der Waals surface area contributed by atoms with Crippen LogP contribution in [-0.4, -0.2) is 19.6 Å². The molecule has 0 heterocycles. The number of hydrogen-bond acceptors (Lipinski definition) is 2. The van der Waals surface area contributed by atoms with Gasteiger partial charge in [0.25, 0.3) is 0 Å². The lowest BCUT2D eigenvalue weighted by Gasteiger charge is -2.34. The molecule has 8 aliphatic rings. The molecule has 8 atom stereocenters. The fraction of sp³-hybridized carbons (Fsp3) is 0.286. The fourth-order valence-electron chi connectivity index (χ4n) is 13.1. The van der Waals surface area contributed by atoms with Crippen molar-refractivity contribution in [2.75, 3.05) is 0 Å². The number of rotatable bonds is 2. The van der Waals surface area contributed by atoms with E-state index in [1.807, 2.05) is 0 Å². The normalized spacial score (nSPS) is 29.8. The molecule has 0 unspecified atom stereocenters. The van der Waals surface area contributed by atoms with E-state index in [0.717, 1.165) is 35.1 Å². The molecule has 0 saturated heterocycles. The fourth-order valence-corrected chi connectivity index (χ4v) is 15.5. The van der Waals surface area contributed by atoms with Gasteiger partial charge in [0, 0.05) is 47.3 Å². The van der Waals surface area contributed by atoms with Gasteiger partial charge < -0.3 is 19.6 Å². The first-order valence-corrected chi connectivity index (χ1v) is 21.2. The Morgan fingerprint density at radius 3 is 0.820 bits per heavy atom. The number of fused-ring (bicyclic) bond motifs is 32. The Hall–Kier alpha value is -3.60. The Morgan fingerprint density at radius 2 is 0.580 bits per heavy atom. The highest BCUT2D eigenvalue weighted by molar-refractivity contribution is 7.61. The van der Waals surface area contributed by atoms with Crippen molar-refractivity contribution in [3.8, 4) is 0 Å². The first-order valence-electron chi connectivity index (χ1n) is 18.0. The van der Waals surface area contributed by atoms with E-state index >= 15 is 0 Å². The van der Waals surface area contributed by atoms with Crippen LogP contribution in [0.5, 0.6) is 0 Å². The summed E-state index contributed by atoms with van der Waals surface area (Å²) in [6.07, 6.45) is 3.26. The van der Waals surface area contributed by atoms with E-state index < -0.39 is 15.2 Å². The Morgan fingerprint density at radius 1 is 0.360 bits per heavy atom. The quantitative estimate of drug-likeness (QED) is 0.145. The van der Waals surface area contributed by atoms with E-state index in [0.29, 0.717) is 58.8 Å². The Kier molecular flexibility index (Phi) is 4.79. The third-order valence-electron chi connectivity index (χ3n) is 14.5. The monoisotopic (exact) mass is 694 g/mol. The van der Waals surface area contributed by atoms with Gasteiger partial charge in [0.2, 0.25) is 0 Å². The summed E-state index contributed by atoms with van der Waals surface area (Å²) in [5.74, 6) is 0.0814. The molecule has 8 bridgehead atoms. The van der Waals surface area contributed by atoms with Crippen molar-refractivity contribution in [2.45, 2.75) is 73.0 Å². The van der Waals surface area contributed by atoms with Crippen LogP contribution in [0.1, 0.15) is 162 Å². The third kappa shape index (κ3) is 3.02. The van der Waals surface area contributed by atoms with Gasteiger partial charge in [-0.15, -0.1) is 0 Å². The standard InChI is InChI=1S/C42H32O6P2/c43-49(44,45)41-37-33-15-34(30-12-26-22-9-21(25(26)11-29(30)33)17-5-1-2-6-18(17)22)38(37)42(50(46,47)48)40-36-16-35(39(40)41)31-13-27-23-10-24(28(27)14-32(31)36)20-8-4-3-7-19(20)23/h1-8,11-14,21-24,33-36H,9-10,15-16H2,(H2,43,44,45)(H2,46,47,48)/t21-,22+,23+,24-,33-,34+,35+,36-. The van der Waals surface area contributed by atoms with Crippen LogP contribution in [-0.2, 0) is 9.13 Å². The molecule has 50 heavy (non-hydrogen) atoms. The summed E-state index contributed by atoms with van der Waals surface area (Å²) in [7, 11) is -9.70. The van der Waals surface area contributed by atoms with Crippen LogP contribution in [0.15, 0.2) is 72.8 Å². The number of benzene rings is 5. The third-order valence-corrected chi connectivity index (χ3v) is 16.7. The molecule has 0 aromatic heterocycles. The molecule has 0 amide bonds. The summed E-state index contributed by atoms with van der Waals surface area (Å²) in [5, 5.41) is 0.131. The summed E-state index contributed by atoms with van der Waals surface area (Å²) in [6.45, 7) is 0. The summed E-state index contributed by atoms with van der Waals surface area (Å²) in [6, 6.07) is 26.5. The van der Waals surface area contributed by atoms with Gasteiger partial charge in [-0.2, -0.15) is 0 Å². The predicted octanol–water partition coefficient (Wildman–Crippen LogP) is 7.22. The Balaban J connectivity index is 1.04. The van der Waals surface area contributed by atoms with Crippen molar-refractivity contribution in [3.63, 3.8) is 0 Å². The van der Waals surface area contributed by atoms with Gasteiger partial charge in [-0.05, 0) is 115 Å². The molecule has 0 saturated carbocycles. The minimum atomic E-state index is -4.85. The molecular formula is C42H32O6P2. The average Bonchev–Trinajstić information content (AvgIpc) is 3.96. The van der Waals surface area contributed by atoms with Gasteiger partial charge in [0.05, 0.1) is 10.6 Å². The van der Waals surface area contributed by atoms with Crippen LogP contribution in [0.4, 0.5) is 0 Å². The van der Waals surface area contributed by atoms with Crippen LogP contribution in [0.25, 0.3) is 0 Å². The zero-order chi connectivity index (χ0) is 33.3. The van der Waals surface area contributed by atoms with Crippen molar-refractivity contribution in [1.29, 1.82) is 0 Å². The van der Waals surface area contributed by atoms with Crippen molar-refractivity contribution in [1.82, 2.24) is 0 Å². The molecule has 0 radical (unpaired) electrons. The van der Waals surface area contributed by atoms with Crippen molar-refractivity contribution in [3.05, 3.63) is 162 Å². The lowest BCUT2D eigenvalue weighted by molar-refractivity contribution is 0.383. The maximum atomic E-state index is 13.8. The van der Waals surface area contributed by atoms with E-state index in [4.69, 9.17) is 0 Å². The van der Waals surface area contributed by atoms with Crippen LogP contribution < -0.4 is 10.6 Å². The lowest BCUT2D eigenvalue weighted by atomic mass is 9.75. The predicted molar refractivity (Wildman–Crippen MR) is 189 cm³/mol. The van der Waals surface area contributed by atoms with Crippen LogP contribution in [0, 0.1) is 0 Å². The zero-order valence-corrected chi connectivity index (χ0v) is 28.7. The maximum absolute atomic E-state index is 13.8. The van der Waals surface area contributed by atoms with Crippen molar-refractivity contribution in [2.24, 2.45) is 0 Å². The smallest absolute Gasteiger partial charge is 0.321 e. The summed E-state index contributed by atoms with van der Waals surface area (Å²) >= 11 is 0. The van der Waals surface area contributed by atoms with Crippen LogP contribution in [0.2, 0.25) is 0 Å². The molecule has 8 aliphatic carbocycles. The molecule has 4 N–H and O–H groups in total. The topological polar surface area (TPSA) is 115 Å². The molecular weight excluding hydrogens is 662 g/mol. The number of hydrogen-bond donors (Lipinski definition) is 4. The highest BCUT2D eigenvalue weighted by Gasteiger charge is 2.57. The van der Waals surface area contributed by atoms with Crippen LogP contribution >= 0.6 is 15.2 Å². The highest BCUT2D eigenvalue weighted by atomic mass is 31.2. The minimum absolute atomic E-state index is 0.0655. The van der Waals surface area contributed by atoms with E-state index in [1.54, 1.807) is 0 Å². The molecule has 5 aromatic rings. The first-order chi connectivity index (χ1) is 24.1. The second-order valence-corrected chi connectivity index (χ2v) is 19.4. The average molecular weight is 695 g/mol. The molecule has 5 aromatic carbocycles. The molecule has 6 nitrogen and oxygen atoms in total. The van der Waals surface area contributed by atoms with Crippen molar-refractivity contribution >= 4 is 25.8 Å². The SMILES string of the molecule is O=P(O)(O)c1c2c(c(P(=O)(O)O)c3c1[C@H]1C[C@@H]3c3cc4c(cc31)[C@H]1C[C@@H]4c3ccccc31)[C@H]1C[C@@H]2c2cc3c(cc21)[C@H]1C[C@@H]3c2ccccc21. The molecule has 0 aliphatic heterocycles. The zero-order valence-electron chi connectivity index (χ0n) is 26.9. The van der Waals surface area contributed by atoms with Gasteiger partial charge >= 0.3 is 15.2 Å². The molecule has 8 heteroatoms. The molecule has 246 valence electrons. The Bertz CT molecular complexity index is 2300. The van der Waals surface area contributed by atoms with E-state index in [1.165, 1.54) is 44.5 Å². The molecule has 0 fully saturated rings. The second-order valence-electron chi connectivity index (χ2n) is 16.3. The summed E-state index contributed by atoms with van der Waals surface area (Å²) in [4.78, 5) is 45.1. The minimum Gasteiger partial charge on any atom is -0.321 e. The van der Waals surface area contributed by atoms with Gasteiger partial charge in [-0.25, -0.2) is 0 Å². The molecule has 13 rings (SSSR count). The summed E-state index contributed by atoms with van der Waals surface area (Å²) in [5.41, 5.74) is 17.2. The van der Waals surface area contributed by atoms with Gasteiger partial charge in [-0.1, -0.05) is 72.8 Å². The first kappa shape index (κ1) is 28.0. The van der Waals surface area contributed by atoms with E-state index in [2.05, 4.69) is 72.8 Å². The highest BCUT2D eigenvalue weighted by Crippen LogP contribution is 2.68. The summed E-state index contributed by atoms with van der Waals surface area (Å²) < 4.78 is 27.7. The largest absolute Gasteiger partial charge is 0.356 e.